The molecule has 0 atom stereocenters. The van der Waals surface area contributed by atoms with Gasteiger partial charge in [-0.3, -0.25) is 9.59 Å². The van der Waals surface area contributed by atoms with Crippen molar-refractivity contribution in [2.24, 2.45) is 0 Å². The van der Waals surface area contributed by atoms with E-state index < -0.39 is 0 Å². The van der Waals surface area contributed by atoms with Crippen molar-refractivity contribution in [3.63, 3.8) is 0 Å². The summed E-state index contributed by atoms with van der Waals surface area (Å²) in [5, 5.41) is 4.16. The Kier molecular flexibility index (Phi) is 6.70. The van der Waals surface area contributed by atoms with Crippen LogP contribution in [0.25, 0.3) is 0 Å². The first-order chi connectivity index (χ1) is 13.4. The summed E-state index contributed by atoms with van der Waals surface area (Å²) in [7, 11) is 0. The Bertz CT molecular complexity index is 896. The molecule has 1 aliphatic rings. The van der Waals surface area contributed by atoms with Crippen molar-refractivity contribution in [2.45, 2.75) is 13.3 Å². The van der Waals surface area contributed by atoms with Crippen LogP contribution in [0, 0.1) is 0 Å². The van der Waals surface area contributed by atoms with Gasteiger partial charge in [0.15, 0.2) is 0 Å². The number of amides is 2. The largest absolute Gasteiger partial charge is 0.365 e. The van der Waals surface area contributed by atoms with Crippen LogP contribution in [0.15, 0.2) is 36.4 Å². The summed E-state index contributed by atoms with van der Waals surface area (Å²) in [6.07, 6.45) is 0.497. The maximum Gasteiger partial charge on any atom is 0.255 e. The van der Waals surface area contributed by atoms with Gasteiger partial charge in [-0.2, -0.15) is 0 Å². The lowest BCUT2D eigenvalue weighted by molar-refractivity contribution is -0.131. The molecule has 2 aromatic carbocycles. The van der Waals surface area contributed by atoms with Crippen molar-refractivity contribution in [3.05, 3.63) is 57.0 Å². The molecular weight excluding hydrogens is 421 g/mol. The molecule has 1 fully saturated rings. The van der Waals surface area contributed by atoms with Crippen LogP contribution in [0.2, 0.25) is 15.1 Å². The van der Waals surface area contributed by atoms with Gasteiger partial charge in [0.05, 0.1) is 26.4 Å². The van der Waals surface area contributed by atoms with E-state index in [1.165, 1.54) is 6.07 Å². The third kappa shape index (κ3) is 4.54. The second-order valence-corrected chi connectivity index (χ2v) is 7.66. The predicted octanol–water partition coefficient (Wildman–Crippen LogP) is 4.96. The Morgan fingerprint density at radius 1 is 0.964 bits per heavy atom. The van der Waals surface area contributed by atoms with E-state index in [2.05, 4.69) is 10.2 Å². The van der Waals surface area contributed by atoms with E-state index in [0.29, 0.717) is 58.9 Å². The SMILES string of the molecule is CCC(=O)N1CCN(c2c(Cl)cccc2NC(=O)c2ccc(Cl)c(Cl)c2)CC1. The van der Waals surface area contributed by atoms with Crippen molar-refractivity contribution in [1.29, 1.82) is 0 Å². The molecule has 0 unspecified atom stereocenters. The molecule has 1 saturated heterocycles. The number of hydrogen-bond acceptors (Lipinski definition) is 3. The number of piperazine rings is 1. The molecule has 0 radical (unpaired) electrons. The van der Waals surface area contributed by atoms with Crippen molar-refractivity contribution in [1.82, 2.24) is 4.90 Å². The van der Waals surface area contributed by atoms with Crippen molar-refractivity contribution < 1.29 is 9.59 Å². The maximum atomic E-state index is 12.7. The van der Waals surface area contributed by atoms with Crippen molar-refractivity contribution >= 4 is 58.0 Å². The van der Waals surface area contributed by atoms with Gasteiger partial charge < -0.3 is 15.1 Å². The average Bonchev–Trinajstić information content (AvgIpc) is 2.69. The highest BCUT2D eigenvalue weighted by Gasteiger charge is 2.24. The summed E-state index contributed by atoms with van der Waals surface area (Å²) in [5.41, 5.74) is 1.76. The summed E-state index contributed by atoms with van der Waals surface area (Å²) >= 11 is 18.4. The zero-order chi connectivity index (χ0) is 20.3. The van der Waals surface area contributed by atoms with E-state index in [9.17, 15) is 9.59 Å². The van der Waals surface area contributed by atoms with Gasteiger partial charge in [-0.25, -0.2) is 0 Å². The number of halogens is 3. The van der Waals surface area contributed by atoms with Crippen molar-refractivity contribution in [2.75, 3.05) is 36.4 Å². The van der Waals surface area contributed by atoms with Crippen LogP contribution in [0.4, 0.5) is 11.4 Å². The smallest absolute Gasteiger partial charge is 0.255 e. The van der Waals surface area contributed by atoms with Crippen LogP contribution in [0.3, 0.4) is 0 Å². The fourth-order valence-corrected chi connectivity index (χ4v) is 3.76. The van der Waals surface area contributed by atoms with E-state index in [0.717, 1.165) is 5.69 Å². The Labute approximate surface area is 179 Å². The monoisotopic (exact) mass is 439 g/mol. The fourth-order valence-electron chi connectivity index (χ4n) is 3.17. The molecule has 1 aliphatic heterocycles. The Hall–Kier alpha value is -1.95. The van der Waals surface area contributed by atoms with Gasteiger partial charge >= 0.3 is 0 Å². The number of nitrogens with one attached hydrogen (secondary N) is 1. The number of hydrogen-bond donors (Lipinski definition) is 1. The maximum absolute atomic E-state index is 12.7. The topological polar surface area (TPSA) is 52.7 Å². The number of nitrogens with zero attached hydrogens (tertiary/aromatic N) is 2. The first-order valence-electron chi connectivity index (χ1n) is 8.98. The minimum Gasteiger partial charge on any atom is -0.365 e. The Balaban J connectivity index is 1.80. The summed E-state index contributed by atoms with van der Waals surface area (Å²) in [4.78, 5) is 28.5. The molecule has 0 aliphatic carbocycles. The van der Waals surface area contributed by atoms with Gasteiger partial charge in [-0.1, -0.05) is 47.8 Å². The third-order valence-electron chi connectivity index (χ3n) is 4.67. The number of para-hydroxylation sites is 1. The quantitative estimate of drug-likeness (QED) is 0.731. The molecule has 5 nitrogen and oxygen atoms in total. The fraction of sp³-hybridized carbons (Fsp3) is 0.300. The van der Waals surface area contributed by atoms with Crippen LogP contribution in [-0.4, -0.2) is 42.9 Å². The highest BCUT2D eigenvalue weighted by atomic mass is 35.5. The molecule has 148 valence electrons. The number of benzene rings is 2. The molecule has 2 amide bonds. The molecular formula is C20H20Cl3N3O2. The molecule has 8 heteroatoms. The van der Waals surface area contributed by atoms with E-state index in [1.54, 1.807) is 30.3 Å². The van der Waals surface area contributed by atoms with Crippen LogP contribution in [0.1, 0.15) is 23.7 Å². The number of rotatable bonds is 4. The molecule has 0 spiro atoms. The summed E-state index contributed by atoms with van der Waals surface area (Å²) in [6.45, 7) is 4.39. The predicted molar refractivity (Wildman–Crippen MR) is 115 cm³/mol. The Morgan fingerprint density at radius 3 is 2.32 bits per heavy atom. The number of anilines is 2. The zero-order valence-electron chi connectivity index (χ0n) is 15.3. The van der Waals surface area contributed by atoms with Crippen LogP contribution in [-0.2, 0) is 4.79 Å². The van der Waals surface area contributed by atoms with Crippen LogP contribution < -0.4 is 10.2 Å². The minimum atomic E-state index is -0.304. The molecule has 1 N–H and O–H groups in total. The lowest BCUT2D eigenvalue weighted by Gasteiger charge is -2.37. The van der Waals surface area contributed by atoms with E-state index in [-0.39, 0.29) is 11.8 Å². The average molecular weight is 441 g/mol. The first-order valence-corrected chi connectivity index (χ1v) is 10.1. The van der Waals surface area contributed by atoms with Gasteiger partial charge in [0.25, 0.3) is 5.91 Å². The molecule has 1 heterocycles. The van der Waals surface area contributed by atoms with Crippen LogP contribution >= 0.6 is 34.8 Å². The second-order valence-electron chi connectivity index (χ2n) is 6.44. The molecule has 0 saturated carbocycles. The third-order valence-corrected chi connectivity index (χ3v) is 5.71. The first kappa shape index (κ1) is 20.8. The molecule has 0 aromatic heterocycles. The summed E-state index contributed by atoms with van der Waals surface area (Å²) in [6, 6.07) is 10.1. The second kappa shape index (κ2) is 9.03. The van der Waals surface area contributed by atoms with Gasteiger partial charge in [0.2, 0.25) is 5.91 Å². The summed E-state index contributed by atoms with van der Waals surface area (Å²) < 4.78 is 0. The summed E-state index contributed by atoms with van der Waals surface area (Å²) in [5.74, 6) is -0.158. The molecule has 2 aromatic rings. The number of carbonyl (C=O) groups excluding carboxylic acids is 2. The van der Waals surface area contributed by atoms with Gasteiger partial charge in [0, 0.05) is 38.2 Å². The Morgan fingerprint density at radius 2 is 1.68 bits per heavy atom. The minimum absolute atomic E-state index is 0.145. The normalized spacial score (nSPS) is 14.1. The van der Waals surface area contributed by atoms with Crippen molar-refractivity contribution in [3.8, 4) is 0 Å². The highest BCUT2D eigenvalue weighted by molar-refractivity contribution is 6.42. The van der Waals surface area contributed by atoms with Gasteiger partial charge in [-0.15, -0.1) is 0 Å². The van der Waals surface area contributed by atoms with Gasteiger partial charge in [-0.05, 0) is 30.3 Å². The lowest BCUT2D eigenvalue weighted by Crippen LogP contribution is -2.48. The molecule has 28 heavy (non-hydrogen) atoms. The molecule has 0 bridgehead atoms. The van der Waals surface area contributed by atoms with E-state index >= 15 is 0 Å². The lowest BCUT2D eigenvalue weighted by atomic mass is 10.1. The van der Waals surface area contributed by atoms with Gasteiger partial charge in [0.1, 0.15) is 0 Å². The van der Waals surface area contributed by atoms with E-state index in [4.69, 9.17) is 34.8 Å². The van der Waals surface area contributed by atoms with E-state index in [1.807, 2.05) is 11.8 Å². The number of carbonyl (C=O) groups is 2. The molecule has 3 rings (SSSR count). The highest BCUT2D eigenvalue weighted by Crippen LogP contribution is 2.35. The van der Waals surface area contributed by atoms with Crippen LogP contribution in [0.5, 0.6) is 0 Å². The zero-order valence-corrected chi connectivity index (χ0v) is 17.6. The standard InChI is InChI=1S/C20H20Cl3N3O2/c1-2-18(27)25-8-10-26(11-9-25)19-15(22)4-3-5-17(19)24-20(28)13-6-7-14(21)16(23)12-13/h3-7,12H,2,8-11H2,1H3,(H,24,28).